The van der Waals surface area contributed by atoms with Gasteiger partial charge in [0.1, 0.15) is 11.9 Å². The van der Waals surface area contributed by atoms with Gasteiger partial charge >= 0.3 is 0 Å². The van der Waals surface area contributed by atoms with Crippen LogP contribution in [0.2, 0.25) is 0 Å². The molecular weight excluding hydrogens is 160 g/mol. The van der Waals surface area contributed by atoms with Crippen LogP contribution in [0.25, 0.3) is 0 Å². The van der Waals surface area contributed by atoms with Gasteiger partial charge in [-0.05, 0) is 24.7 Å². The van der Waals surface area contributed by atoms with E-state index in [2.05, 4.69) is 29.3 Å². The topological polar surface area (TPSA) is 8.81 Å². The molecule has 2 atom stereocenters. The Morgan fingerprint density at radius 3 is 3.15 bits per heavy atom. The van der Waals surface area contributed by atoms with Gasteiger partial charge in [-0.2, -0.15) is 0 Å². The lowest BCUT2D eigenvalue weighted by molar-refractivity contribution is -0.708. The van der Waals surface area contributed by atoms with Crippen molar-refractivity contribution in [2.45, 2.75) is 32.7 Å². The average Bonchev–Trinajstić information content (AvgIpc) is 2.73. The summed E-state index contributed by atoms with van der Waals surface area (Å²) in [5.74, 6) is 3.61. The molecule has 1 aromatic rings. The zero-order valence-electron chi connectivity index (χ0n) is 8.45. The van der Waals surface area contributed by atoms with E-state index in [1.165, 1.54) is 31.5 Å². The van der Waals surface area contributed by atoms with Crippen LogP contribution in [0.4, 0.5) is 0 Å². The van der Waals surface area contributed by atoms with Crippen molar-refractivity contribution in [2.75, 3.05) is 0 Å². The van der Waals surface area contributed by atoms with Crippen molar-refractivity contribution in [3.8, 4) is 0 Å². The number of imidazole rings is 1. The molecule has 1 aliphatic heterocycles. The zero-order valence-corrected chi connectivity index (χ0v) is 8.45. The van der Waals surface area contributed by atoms with Gasteiger partial charge in [-0.3, -0.25) is 0 Å². The SMILES string of the molecule is Cc1cn(C)c2[n+]1CC[C@H]1CC1C2. The Bertz CT molecular complexity index is 351. The summed E-state index contributed by atoms with van der Waals surface area (Å²) in [6.45, 7) is 3.48. The summed E-state index contributed by atoms with van der Waals surface area (Å²) in [6, 6.07) is 0. The first-order valence-corrected chi connectivity index (χ1v) is 5.30. The molecule has 2 heterocycles. The molecule has 1 unspecified atom stereocenters. The smallest absolute Gasteiger partial charge is 0.237 e. The molecule has 2 aliphatic rings. The van der Waals surface area contributed by atoms with Gasteiger partial charge in [0.15, 0.2) is 0 Å². The largest absolute Gasteiger partial charge is 0.256 e. The first-order valence-electron chi connectivity index (χ1n) is 5.30. The van der Waals surface area contributed by atoms with Crippen molar-refractivity contribution in [2.24, 2.45) is 18.9 Å². The fraction of sp³-hybridized carbons (Fsp3) is 0.727. The Morgan fingerprint density at radius 1 is 1.46 bits per heavy atom. The van der Waals surface area contributed by atoms with Crippen LogP contribution < -0.4 is 4.57 Å². The summed E-state index contributed by atoms with van der Waals surface area (Å²) in [5, 5.41) is 0. The molecule has 0 amide bonds. The fourth-order valence-corrected chi connectivity index (χ4v) is 2.82. The molecule has 70 valence electrons. The van der Waals surface area contributed by atoms with Crippen LogP contribution in [0.15, 0.2) is 6.20 Å². The number of aromatic nitrogens is 2. The van der Waals surface area contributed by atoms with Gasteiger partial charge in [0.2, 0.25) is 0 Å². The van der Waals surface area contributed by atoms with Crippen LogP contribution in [-0.4, -0.2) is 4.57 Å². The lowest BCUT2D eigenvalue weighted by Crippen LogP contribution is -2.39. The first-order chi connectivity index (χ1) is 6.25. The monoisotopic (exact) mass is 177 g/mol. The van der Waals surface area contributed by atoms with Crippen LogP contribution in [0, 0.1) is 18.8 Å². The van der Waals surface area contributed by atoms with Crippen LogP contribution >= 0.6 is 0 Å². The molecule has 0 N–H and O–H groups in total. The highest BCUT2D eigenvalue weighted by molar-refractivity contribution is 4.99. The molecule has 1 saturated carbocycles. The lowest BCUT2D eigenvalue weighted by atomic mass is 10.2. The van der Waals surface area contributed by atoms with E-state index in [9.17, 15) is 0 Å². The Hall–Kier alpha value is -0.790. The Morgan fingerprint density at radius 2 is 2.31 bits per heavy atom. The van der Waals surface area contributed by atoms with Crippen molar-refractivity contribution in [3.63, 3.8) is 0 Å². The maximum absolute atomic E-state index is 2.51. The highest BCUT2D eigenvalue weighted by Crippen LogP contribution is 2.44. The quantitative estimate of drug-likeness (QED) is 0.527. The maximum Gasteiger partial charge on any atom is 0.256 e. The van der Waals surface area contributed by atoms with Crippen LogP contribution in [0.5, 0.6) is 0 Å². The number of nitrogens with zero attached hydrogens (tertiary/aromatic N) is 2. The van der Waals surface area contributed by atoms with Crippen molar-refractivity contribution in [3.05, 3.63) is 17.7 Å². The van der Waals surface area contributed by atoms with E-state index in [-0.39, 0.29) is 0 Å². The Balaban J connectivity index is 2.06. The second kappa shape index (κ2) is 2.37. The standard InChI is InChI=1S/C11H17N2/c1-8-7-12(2)11-6-10-5-9(10)3-4-13(8)11/h7,9-10H,3-6H2,1-2H3/q+1/t9-,10?/m0/s1. The number of hydrogen-bond donors (Lipinski definition) is 0. The van der Waals surface area contributed by atoms with Crippen LogP contribution in [-0.2, 0) is 20.0 Å². The zero-order chi connectivity index (χ0) is 9.00. The molecule has 0 radical (unpaired) electrons. The molecule has 0 bridgehead atoms. The Labute approximate surface area is 79.2 Å². The summed E-state index contributed by atoms with van der Waals surface area (Å²) in [5.41, 5.74) is 1.43. The number of aryl methyl sites for hydroxylation is 2. The summed E-state index contributed by atoms with van der Waals surface area (Å²) < 4.78 is 4.82. The molecule has 0 spiro atoms. The van der Waals surface area contributed by atoms with E-state index in [4.69, 9.17) is 0 Å². The molecule has 0 aromatic carbocycles. The maximum atomic E-state index is 2.51. The van der Waals surface area contributed by atoms with Gasteiger partial charge < -0.3 is 0 Å². The van der Waals surface area contributed by atoms with Gasteiger partial charge in [-0.1, -0.05) is 0 Å². The van der Waals surface area contributed by atoms with Crippen molar-refractivity contribution in [1.82, 2.24) is 4.57 Å². The first kappa shape index (κ1) is 7.60. The normalized spacial score (nSPS) is 30.6. The highest BCUT2D eigenvalue weighted by atomic mass is 15.2. The summed E-state index contributed by atoms with van der Waals surface area (Å²) in [6.07, 6.45) is 6.48. The third kappa shape index (κ3) is 1.04. The third-order valence-corrected chi connectivity index (χ3v) is 3.76. The third-order valence-electron chi connectivity index (χ3n) is 3.76. The van der Waals surface area contributed by atoms with Gasteiger partial charge in [-0.15, -0.1) is 0 Å². The molecule has 1 fully saturated rings. The van der Waals surface area contributed by atoms with Gasteiger partial charge in [-0.25, -0.2) is 9.13 Å². The highest BCUT2D eigenvalue weighted by Gasteiger charge is 2.42. The van der Waals surface area contributed by atoms with Crippen molar-refractivity contribution >= 4 is 0 Å². The predicted molar refractivity (Wildman–Crippen MR) is 50.3 cm³/mol. The van der Waals surface area contributed by atoms with E-state index < -0.39 is 0 Å². The molecular formula is C11H17N2+. The van der Waals surface area contributed by atoms with E-state index in [1.807, 2.05) is 0 Å². The minimum atomic E-state index is 1.02. The second-order valence-electron chi connectivity index (χ2n) is 4.70. The predicted octanol–water partition coefficient (Wildman–Crippen LogP) is 1.20. The number of fused-ring (bicyclic) bond motifs is 2. The number of hydrogen-bond acceptors (Lipinski definition) is 0. The van der Waals surface area contributed by atoms with Gasteiger partial charge in [0.25, 0.3) is 5.82 Å². The Kier molecular flexibility index (Phi) is 1.38. The van der Waals surface area contributed by atoms with Crippen LogP contribution in [0.1, 0.15) is 24.4 Å². The molecule has 1 aliphatic carbocycles. The molecule has 0 saturated heterocycles. The van der Waals surface area contributed by atoms with Gasteiger partial charge in [0, 0.05) is 6.92 Å². The van der Waals surface area contributed by atoms with Crippen molar-refractivity contribution in [1.29, 1.82) is 0 Å². The lowest BCUT2D eigenvalue weighted by Gasteiger charge is -1.99. The van der Waals surface area contributed by atoms with E-state index in [0.717, 1.165) is 11.8 Å². The average molecular weight is 177 g/mol. The van der Waals surface area contributed by atoms with Crippen LogP contribution in [0.3, 0.4) is 0 Å². The molecule has 1 aromatic heterocycles. The van der Waals surface area contributed by atoms with Gasteiger partial charge in [0.05, 0.1) is 20.0 Å². The minimum Gasteiger partial charge on any atom is -0.237 e. The summed E-state index contributed by atoms with van der Waals surface area (Å²) in [7, 11) is 2.18. The fourth-order valence-electron chi connectivity index (χ4n) is 2.82. The number of rotatable bonds is 0. The summed E-state index contributed by atoms with van der Waals surface area (Å²) in [4.78, 5) is 0. The molecule has 2 nitrogen and oxygen atoms in total. The van der Waals surface area contributed by atoms with E-state index in [0.29, 0.717) is 0 Å². The van der Waals surface area contributed by atoms with Crippen molar-refractivity contribution < 1.29 is 4.57 Å². The minimum absolute atomic E-state index is 1.02. The summed E-state index contributed by atoms with van der Waals surface area (Å²) >= 11 is 0. The molecule has 13 heavy (non-hydrogen) atoms. The second-order valence-corrected chi connectivity index (χ2v) is 4.70. The molecule has 2 heteroatoms. The molecule has 3 rings (SSSR count). The van der Waals surface area contributed by atoms with E-state index in [1.54, 1.807) is 5.82 Å². The van der Waals surface area contributed by atoms with E-state index >= 15 is 0 Å².